The van der Waals surface area contributed by atoms with Crippen molar-refractivity contribution in [2.45, 2.75) is 18.9 Å². The van der Waals surface area contributed by atoms with Gasteiger partial charge in [0.05, 0.1) is 37.6 Å². The molecule has 4 heterocycles. The van der Waals surface area contributed by atoms with Crippen molar-refractivity contribution >= 4 is 23.4 Å². The summed E-state index contributed by atoms with van der Waals surface area (Å²) in [6.45, 7) is 1.74. The molecule has 1 saturated heterocycles. The highest BCUT2D eigenvalue weighted by molar-refractivity contribution is 5.70. The van der Waals surface area contributed by atoms with Crippen LogP contribution >= 0.6 is 0 Å². The summed E-state index contributed by atoms with van der Waals surface area (Å²) in [5.41, 5.74) is 3.88. The van der Waals surface area contributed by atoms with Gasteiger partial charge in [-0.15, -0.1) is 5.10 Å². The van der Waals surface area contributed by atoms with Crippen molar-refractivity contribution in [2.75, 3.05) is 32.1 Å². The lowest BCUT2D eigenvalue weighted by atomic mass is 10.0. The summed E-state index contributed by atoms with van der Waals surface area (Å²) in [6, 6.07) is 11.0. The van der Waals surface area contributed by atoms with Crippen molar-refractivity contribution in [1.82, 2.24) is 14.6 Å². The van der Waals surface area contributed by atoms with Gasteiger partial charge in [0.2, 0.25) is 0 Å². The van der Waals surface area contributed by atoms with Crippen LogP contribution in [0.2, 0.25) is 0 Å². The van der Waals surface area contributed by atoms with Gasteiger partial charge in [-0.2, -0.15) is 0 Å². The van der Waals surface area contributed by atoms with Gasteiger partial charge >= 0.3 is 0 Å². The van der Waals surface area contributed by atoms with Crippen LogP contribution in [0.4, 0.5) is 10.2 Å². The van der Waals surface area contributed by atoms with Crippen LogP contribution in [0, 0.1) is 5.82 Å². The molecule has 6 nitrogen and oxygen atoms in total. The van der Waals surface area contributed by atoms with E-state index in [0.29, 0.717) is 4.48 Å². The Labute approximate surface area is 169 Å². The number of benzene rings is 1. The van der Waals surface area contributed by atoms with E-state index < -0.39 is 0 Å². The highest BCUT2D eigenvalue weighted by Gasteiger charge is 2.28. The molecule has 29 heavy (non-hydrogen) atoms. The second kappa shape index (κ2) is 6.77. The SMILES string of the molecule is C[N+]1(C)C=NC=C(c2cnc3ccc(N4CCCC4c4cccc(F)c4)nn23)C1. The first kappa shape index (κ1) is 18.0. The second-order valence-corrected chi connectivity index (χ2v) is 8.37. The molecule has 1 unspecified atom stereocenters. The fourth-order valence-corrected chi connectivity index (χ4v) is 4.31. The second-order valence-electron chi connectivity index (χ2n) is 8.37. The normalized spacial score (nSPS) is 21.0. The van der Waals surface area contributed by atoms with Crippen LogP contribution in [0.15, 0.2) is 53.8 Å². The Morgan fingerprint density at radius 3 is 2.90 bits per heavy atom. The van der Waals surface area contributed by atoms with E-state index in [2.05, 4.69) is 29.0 Å². The van der Waals surface area contributed by atoms with Gasteiger partial charge in [0.25, 0.3) is 0 Å². The molecule has 2 aliphatic heterocycles. The summed E-state index contributed by atoms with van der Waals surface area (Å²) in [4.78, 5) is 11.2. The molecule has 5 rings (SSSR count). The molecule has 1 aromatic carbocycles. The number of hydrogen-bond donors (Lipinski definition) is 0. The summed E-state index contributed by atoms with van der Waals surface area (Å²) in [7, 11) is 4.23. The minimum atomic E-state index is -0.194. The van der Waals surface area contributed by atoms with E-state index in [1.165, 1.54) is 6.07 Å². The number of halogens is 1. The molecular weight excluding hydrogens is 367 g/mol. The van der Waals surface area contributed by atoms with Gasteiger partial charge in [-0.1, -0.05) is 12.1 Å². The van der Waals surface area contributed by atoms with E-state index in [4.69, 9.17) is 5.10 Å². The van der Waals surface area contributed by atoms with Gasteiger partial charge in [0.15, 0.2) is 12.0 Å². The first-order valence-electron chi connectivity index (χ1n) is 9.93. The van der Waals surface area contributed by atoms with Crippen molar-refractivity contribution < 1.29 is 8.87 Å². The molecule has 0 radical (unpaired) electrons. The third-order valence-electron chi connectivity index (χ3n) is 5.65. The molecule has 0 bridgehead atoms. The molecule has 0 saturated carbocycles. The summed E-state index contributed by atoms with van der Waals surface area (Å²) < 4.78 is 16.4. The van der Waals surface area contributed by atoms with Gasteiger partial charge in [-0.25, -0.2) is 18.9 Å². The zero-order valence-electron chi connectivity index (χ0n) is 16.7. The van der Waals surface area contributed by atoms with Crippen LogP contribution in [0.5, 0.6) is 0 Å². The molecule has 0 spiro atoms. The number of likely N-dealkylation sites (N-methyl/N-ethyl adjacent to an activating group) is 1. The predicted molar refractivity (Wildman–Crippen MR) is 112 cm³/mol. The lowest BCUT2D eigenvalue weighted by Crippen LogP contribution is -2.40. The number of rotatable bonds is 3. The lowest BCUT2D eigenvalue weighted by Gasteiger charge is -2.27. The molecule has 1 atom stereocenters. The Morgan fingerprint density at radius 2 is 2.07 bits per heavy atom. The molecule has 0 N–H and O–H groups in total. The number of hydrogen-bond acceptors (Lipinski definition) is 4. The van der Waals surface area contributed by atoms with Gasteiger partial charge < -0.3 is 4.90 Å². The number of imidazole rings is 1. The molecule has 3 aromatic rings. The van der Waals surface area contributed by atoms with Crippen LogP contribution < -0.4 is 4.90 Å². The highest BCUT2D eigenvalue weighted by atomic mass is 19.1. The van der Waals surface area contributed by atoms with E-state index in [0.717, 1.165) is 54.2 Å². The first-order chi connectivity index (χ1) is 14.0. The minimum Gasteiger partial charge on any atom is -0.348 e. The fourth-order valence-electron chi connectivity index (χ4n) is 4.31. The summed E-state index contributed by atoms with van der Waals surface area (Å²) in [5.74, 6) is 0.692. The number of anilines is 1. The zero-order chi connectivity index (χ0) is 20.0. The Bertz CT molecular complexity index is 1130. The summed E-state index contributed by atoms with van der Waals surface area (Å²) in [6.07, 6.45) is 7.74. The average molecular weight is 391 g/mol. The van der Waals surface area contributed by atoms with Crippen LogP contribution in [-0.2, 0) is 0 Å². The predicted octanol–water partition coefficient (Wildman–Crippen LogP) is 3.67. The summed E-state index contributed by atoms with van der Waals surface area (Å²) in [5, 5.41) is 4.93. The van der Waals surface area contributed by atoms with Crippen molar-refractivity contribution in [3.8, 4) is 0 Å². The third kappa shape index (κ3) is 3.31. The molecule has 2 aromatic heterocycles. The summed E-state index contributed by atoms with van der Waals surface area (Å²) >= 11 is 0. The van der Waals surface area contributed by atoms with E-state index >= 15 is 0 Å². The number of aromatic nitrogens is 3. The zero-order valence-corrected chi connectivity index (χ0v) is 16.7. The average Bonchev–Trinajstić information content (AvgIpc) is 3.34. The van der Waals surface area contributed by atoms with E-state index in [9.17, 15) is 4.39 Å². The molecule has 0 amide bonds. The number of fused-ring (bicyclic) bond motifs is 1. The van der Waals surface area contributed by atoms with Gasteiger partial charge in [-0.05, 0) is 42.7 Å². The molecule has 1 fully saturated rings. The van der Waals surface area contributed by atoms with Crippen LogP contribution in [-0.4, -0.2) is 52.6 Å². The first-order valence-corrected chi connectivity index (χ1v) is 9.93. The quantitative estimate of drug-likeness (QED) is 0.640. The molecule has 148 valence electrons. The van der Waals surface area contributed by atoms with E-state index in [1.807, 2.05) is 41.4 Å². The lowest BCUT2D eigenvalue weighted by molar-refractivity contribution is -0.784. The molecular formula is C22H24FN6+. The van der Waals surface area contributed by atoms with Gasteiger partial charge in [-0.3, -0.25) is 4.48 Å². The third-order valence-corrected chi connectivity index (χ3v) is 5.65. The standard InChI is InChI=1S/C22H24FN6/c1-29(2)14-17(12-24-15-29)20-13-25-21-8-9-22(26-28(20)21)27-10-4-7-19(27)16-5-3-6-18(23)11-16/h3,5-6,8-9,11-13,15,19H,4,7,10,14H2,1-2H3/q+1. The number of nitrogens with zero attached hydrogens (tertiary/aromatic N) is 6. The van der Waals surface area contributed by atoms with Crippen molar-refractivity contribution in [1.29, 1.82) is 0 Å². The van der Waals surface area contributed by atoms with Gasteiger partial charge in [0, 0.05) is 12.7 Å². The van der Waals surface area contributed by atoms with Crippen molar-refractivity contribution in [3.63, 3.8) is 0 Å². The Hall–Kier alpha value is -3.06. The van der Waals surface area contributed by atoms with E-state index in [-0.39, 0.29) is 11.9 Å². The van der Waals surface area contributed by atoms with Crippen molar-refractivity contribution in [3.05, 3.63) is 65.9 Å². The Kier molecular flexibility index (Phi) is 4.20. The fraction of sp³-hybridized carbons (Fsp3) is 0.318. The molecule has 7 heteroatoms. The number of aliphatic imine (C=N–C) groups is 1. The van der Waals surface area contributed by atoms with E-state index in [1.54, 1.807) is 12.1 Å². The van der Waals surface area contributed by atoms with Gasteiger partial charge in [0.1, 0.15) is 18.2 Å². The maximum atomic E-state index is 13.8. The van der Waals surface area contributed by atoms with Crippen molar-refractivity contribution in [2.24, 2.45) is 4.99 Å². The smallest absolute Gasteiger partial charge is 0.189 e. The topological polar surface area (TPSA) is 45.8 Å². The highest BCUT2D eigenvalue weighted by Crippen LogP contribution is 2.35. The number of quaternary nitrogens is 1. The molecule has 0 aliphatic carbocycles. The monoisotopic (exact) mass is 391 g/mol. The molecule has 2 aliphatic rings. The van der Waals surface area contributed by atoms with Crippen LogP contribution in [0.3, 0.4) is 0 Å². The largest absolute Gasteiger partial charge is 0.348 e. The maximum Gasteiger partial charge on any atom is 0.189 e. The van der Waals surface area contributed by atoms with Crippen LogP contribution in [0.25, 0.3) is 11.2 Å². The maximum absolute atomic E-state index is 13.8. The van der Waals surface area contributed by atoms with Crippen LogP contribution in [0.1, 0.15) is 30.1 Å². The Balaban J connectivity index is 1.53. The Morgan fingerprint density at radius 1 is 1.17 bits per heavy atom. The minimum absolute atomic E-state index is 0.136.